The molecule has 3 rings (SSSR count). The molecule has 1 amide bonds. The minimum absolute atomic E-state index is 0.00646. The number of carbonyl (C=O) groups is 1. The summed E-state index contributed by atoms with van der Waals surface area (Å²) < 4.78 is 5.25. The molecule has 0 aromatic heterocycles. The Kier molecular flexibility index (Phi) is 4.87. The largest absolute Gasteiger partial charge is 0.497 e. The SMILES string of the molecule is COc1ccc(C(CNC(=O)C2(N)CC2)N2CCCCC2)cc1. The summed E-state index contributed by atoms with van der Waals surface area (Å²) in [5.74, 6) is 0.849. The van der Waals surface area contributed by atoms with Crippen molar-refractivity contribution >= 4 is 5.91 Å². The highest BCUT2D eigenvalue weighted by Gasteiger charge is 2.46. The standard InChI is InChI=1S/C18H27N3O2/c1-23-15-7-5-14(6-8-15)16(21-11-3-2-4-12-21)13-20-17(22)18(19)9-10-18/h5-8,16H,2-4,9-13,19H2,1H3,(H,20,22). The molecule has 1 heterocycles. The van der Waals surface area contributed by atoms with Crippen molar-refractivity contribution in [1.82, 2.24) is 10.2 Å². The summed E-state index contributed by atoms with van der Waals surface area (Å²) in [6.45, 7) is 2.78. The van der Waals surface area contributed by atoms with Gasteiger partial charge in [0.25, 0.3) is 0 Å². The van der Waals surface area contributed by atoms with Crippen molar-refractivity contribution in [2.75, 3.05) is 26.7 Å². The molecule has 1 atom stereocenters. The molecule has 2 aliphatic rings. The van der Waals surface area contributed by atoms with Gasteiger partial charge in [-0.15, -0.1) is 0 Å². The molecule has 23 heavy (non-hydrogen) atoms. The number of amides is 1. The normalized spacial score (nSPS) is 21.5. The van der Waals surface area contributed by atoms with Gasteiger partial charge >= 0.3 is 0 Å². The van der Waals surface area contributed by atoms with Crippen LogP contribution in [0.1, 0.15) is 43.7 Å². The van der Waals surface area contributed by atoms with Gasteiger partial charge in [-0.1, -0.05) is 18.6 Å². The Labute approximate surface area is 138 Å². The van der Waals surface area contributed by atoms with Crippen LogP contribution in [0.15, 0.2) is 24.3 Å². The minimum Gasteiger partial charge on any atom is -0.497 e. The van der Waals surface area contributed by atoms with E-state index in [1.807, 2.05) is 12.1 Å². The average Bonchev–Trinajstić information content (AvgIpc) is 3.35. The summed E-state index contributed by atoms with van der Waals surface area (Å²) in [6, 6.07) is 8.37. The highest BCUT2D eigenvalue weighted by molar-refractivity contribution is 5.89. The van der Waals surface area contributed by atoms with Crippen molar-refractivity contribution in [3.8, 4) is 5.75 Å². The zero-order chi connectivity index (χ0) is 16.3. The van der Waals surface area contributed by atoms with E-state index in [4.69, 9.17) is 10.5 Å². The quantitative estimate of drug-likeness (QED) is 0.840. The van der Waals surface area contributed by atoms with Gasteiger partial charge in [0, 0.05) is 6.54 Å². The van der Waals surface area contributed by atoms with E-state index in [0.717, 1.165) is 31.7 Å². The second-order valence-electron chi connectivity index (χ2n) is 6.75. The molecule has 1 saturated carbocycles. The summed E-state index contributed by atoms with van der Waals surface area (Å²) in [4.78, 5) is 14.6. The van der Waals surface area contributed by atoms with Crippen molar-refractivity contribution in [2.24, 2.45) is 5.73 Å². The van der Waals surface area contributed by atoms with Gasteiger partial charge in [-0.2, -0.15) is 0 Å². The molecule has 0 spiro atoms. The zero-order valence-corrected chi connectivity index (χ0v) is 13.9. The fourth-order valence-electron chi connectivity index (χ4n) is 3.24. The third-order valence-electron chi connectivity index (χ3n) is 5.03. The molecule has 1 aliphatic heterocycles. The lowest BCUT2D eigenvalue weighted by Crippen LogP contribution is -2.47. The highest BCUT2D eigenvalue weighted by atomic mass is 16.5. The third kappa shape index (κ3) is 3.85. The molecule has 0 bridgehead atoms. The van der Waals surface area contributed by atoms with Gasteiger partial charge < -0.3 is 15.8 Å². The van der Waals surface area contributed by atoms with E-state index < -0.39 is 5.54 Å². The third-order valence-corrected chi connectivity index (χ3v) is 5.03. The van der Waals surface area contributed by atoms with Gasteiger partial charge in [0.05, 0.1) is 18.7 Å². The van der Waals surface area contributed by atoms with Gasteiger partial charge in [-0.05, 0) is 56.5 Å². The Bertz CT molecular complexity index is 534. The van der Waals surface area contributed by atoms with E-state index in [1.54, 1.807) is 7.11 Å². The number of likely N-dealkylation sites (tertiary alicyclic amines) is 1. The highest BCUT2D eigenvalue weighted by Crippen LogP contribution is 2.32. The minimum atomic E-state index is -0.605. The fourth-order valence-corrected chi connectivity index (χ4v) is 3.24. The van der Waals surface area contributed by atoms with Crippen molar-refractivity contribution in [3.63, 3.8) is 0 Å². The Morgan fingerprint density at radius 3 is 2.48 bits per heavy atom. The molecule has 126 valence electrons. The Morgan fingerprint density at radius 1 is 1.26 bits per heavy atom. The number of piperidine rings is 1. The van der Waals surface area contributed by atoms with Crippen molar-refractivity contribution < 1.29 is 9.53 Å². The molecule has 2 fully saturated rings. The van der Waals surface area contributed by atoms with Crippen LogP contribution in [0.2, 0.25) is 0 Å². The topological polar surface area (TPSA) is 67.6 Å². The van der Waals surface area contributed by atoms with Crippen LogP contribution in [-0.4, -0.2) is 43.1 Å². The summed E-state index contributed by atoms with van der Waals surface area (Å²) >= 11 is 0. The van der Waals surface area contributed by atoms with Gasteiger partial charge in [0.2, 0.25) is 5.91 Å². The second-order valence-corrected chi connectivity index (χ2v) is 6.75. The molecule has 1 unspecified atom stereocenters. The van der Waals surface area contributed by atoms with E-state index in [-0.39, 0.29) is 11.9 Å². The maximum Gasteiger partial charge on any atom is 0.240 e. The monoisotopic (exact) mass is 317 g/mol. The number of nitrogens with zero attached hydrogens (tertiary/aromatic N) is 1. The number of hydrogen-bond donors (Lipinski definition) is 2. The molecular weight excluding hydrogens is 290 g/mol. The first-order chi connectivity index (χ1) is 11.1. The predicted molar refractivity (Wildman–Crippen MR) is 90.3 cm³/mol. The van der Waals surface area contributed by atoms with Gasteiger partial charge in [0.15, 0.2) is 0 Å². The van der Waals surface area contributed by atoms with E-state index in [1.165, 1.54) is 24.8 Å². The summed E-state index contributed by atoms with van der Waals surface area (Å²) in [5, 5.41) is 3.07. The zero-order valence-electron chi connectivity index (χ0n) is 13.9. The number of ether oxygens (including phenoxy) is 1. The van der Waals surface area contributed by atoms with Crippen LogP contribution in [0.3, 0.4) is 0 Å². The van der Waals surface area contributed by atoms with Crippen LogP contribution in [-0.2, 0) is 4.79 Å². The number of nitrogens with one attached hydrogen (secondary N) is 1. The maximum atomic E-state index is 12.2. The summed E-state index contributed by atoms with van der Waals surface area (Å²) in [5.41, 5.74) is 6.60. The van der Waals surface area contributed by atoms with Gasteiger partial charge in [-0.25, -0.2) is 0 Å². The van der Waals surface area contributed by atoms with Gasteiger partial charge in [0.1, 0.15) is 5.75 Å². The summed E-state index contributed by atoms with van der Waals surface area (Å²) in [6.07, 6.45) is 5.35. The molecule has 0 radical (unpaired) electrons. The lowest BCUT2D eigenvalue weighted by Gasteiger charge is -2.35. The van der Waals surface area contributed by atoms with Gasteiger partial charge in [-0.3, -0.25) is 9.69 Å². The van der Waals surface area contributed by atoms with Crippen LogP contribution >= 0.6 is 0 Å². The Balaban J connectivity index is 1.70. The second kappa shape index (κ2) is 6.89. The molecule has 1 aromatic carbocycles. The molecule has 3 N–H and O–H groups in total. The molecule has 1 aliphatic carbocycles. The van der Waals surface area contributed by atoms with Crippen LogP contribution in [0.25, 0.3) is 0 Å². The summed E-state index contributed by atoms with van der Waals surface area (Å²) in [7, 11) is 1.67. The first-order valence-corrected chi connectivity index (χ1v) is 8.57. The van der Waals surface area contributed by atoms with E-state index in [2.05, 4.69) is 22.3 Å². The van der Waals surface area contributed by atoms with Crippen LogP contribution in [0.5, 0.6) is 5.75 Å². The van der Waals surface area contributed by atoms with Crippen molar-refractivity contribution in [2.45, 2.75) is 43.7 Å². The number of carbonyl (C=O) groups excluding carboxylic acids is 1. The van der Waals surface area contributed by atoms with Crippen LogP contribution in [0, 0.1) is 0 Å². The van der Waals surface area contributed by atoms with E-state index in [0.29, 0.717) is 6.54 Å². The molecule has 5 nitrogen and oxygen atoms in total. The lowest BCUT2D eigenvalue weighted by atomic mass is 10.0. The number of methoxy groups -OCH3 is 1. The molecule has 1 aromatic rings. The number of benzene rings is 1. The number of hydrogen-bond acceptors (Lipinski definition) is 4. The predicted octanol–water partition coefficient (Wildman–Crippen LogP) is 1.83. The Hall–Kier alpha value is -1.59. The molecule has 1 saturated heterocycles. The lowest BCUT2D eigenvalue weighted by molar-refractivity contribution is -0.123. The maximum absolute atomic E-state index is 12.2. The van der Waals surface area contributed by atoms with E-state index >= 15 is 0 Å². The average molecular weight is 317 g/mol. The smallest absolute Gasteiger partial charge is 0.240 e. The van der Waals surface area contributed by atoms with Crippen molar-refractivity contribution in [1.29, 1.82) is 0 Å². The van der Waals surface area contributed by atoms with E-state index in [9.17, 15) is 4.79 Å². The van der Waals surface area contributed by atoms with Crippen molar-refractivity contribution in [3.05, 3.63) is 29.8 Å². The first kappa shape index (κ1) is 16.3. The number of nitrogens with two attached hydrogens (primary N) is 1. The van der Waals surface area contributed by atoms with Crippen LogP contribution < -0.4 is 15.8 Å². The number of rotatable bonds is 6. The fraction of sp³-hybridized carbons (Fsp3) is 0.611. The van der Waals surface area contributed by atoms with Crippen LogP contribution in [0.4, 0.5) is 0 Å². The first-order valence-electron chi connectivity index (χ1n) is 8.57. The molecular formula is C18H27N3O2. The Morgan fingerprint density at radius 2 is 1.91 bits per heavy atom. The molecule has 5 heteroatoms.